The highest BCUT2D eigenvalue weighted by molar-refractivity contribution is 6.35. The molecule has 1 unspecified atom stereocenters. The van der Waals surface area contributed by atoms with Crippen molar-refractivity contribution in [1.82, 2.24) is 9.80 Å². The van der Waals surface area contributed by atoms with E-state index in [-0.39, 0.29) is 23.9 Å². The minimum absolute atomic E-state index is 0.0672. The van der Waals surface area contributed by atoms with Crippen molar-refractivity contribution in [1.29, 1.82) is 0 Å². The van der Waals surface area contributed by atoms with Crippen molar-refractivity contribution in [3.8, 4) is 0 Å². The fourth-order valence-electron chi connectivity index (χ4n) is 4.82. The van der Waals surface area contributed by atoms with Crippen LogP contribution >= 0.6 is 0 Å². The van der Waals surface area contributed by atoms with Crippen molar-refractivity contribution in [2.45, 2.75) is 96.3 Å². The van der Waals surface area contributed by atoms with Crippen molar-refractivity contribution < 1.29 is 9.59 Å². The highest BCUT2D eigenvalue weighted by atomic mass is 16.2. The van der Waals surface area contributed by atoms with Crippen LogP contribution in [0.2, 0.25) is 0 Å². The molecule has 0 bridgehead atoms. The van der Waals surface area contributed by atoms with Gasteiger partial charge in [0.25, 0.3) is 0 Å². The Kier molecular flexibility index (Phi) is 5.09. The van der Waals surface area contributed by atoms with Crippen LogP contribution in [-0.4, -0.2) is 51.3 Å². The van der Waals surface area contributed by atoms with E-state index in [4.69, 9.17) is 5.73 Å². The van der Waals surface area contributed by atoms with Gasteiger partial charge < -0.3 is 15.5 Å². The molecule has 5 nitrogen and oxygen atoms in total. The molecule has 132 valence electrons. The third-order valence-electron chi connectivity index (χ3n) is 5.48. The third-order valence-corrected chi connectivity index (χ3v) is 5.48. The zero-order chi connectivity index (χ0) is 17.4. The Morgan fingerprint density at radius 3 is 2.13 bits per heavy atom. The maximum absolute atomic E-state index is 13.1. The van der Waals surface area contributed by atoms with Gasteiger partial charge in [-0.05, 0) is 66.2 Å². The summed E-state index contributed by atoms with van der Waals surface area (Å²) in [6.45, 7) is 10.9. The molecule has 2 amide bonds. The minimum Gasteiger partial charge on any atom is -0.331 e. The van der Waals surface area contributed by atoms with E-state index in [1.165, 1.54) is 0 Å². The standard InChI is InChI=1S/C18H33N3O2/c1-6-14-9-7-8-10-20(14)15(22)16(23)21-17(2,3)11-13(19)12-18(21,4)5/h13-14H,6-12,19H2,1-5H3. The minimum atomic E-state index is -0.397. The topological polar surface area (TPSA) is 66.6 Å². The molecule has 0 spiro atoms. The lowest BCUT2D eigenvalue weighted by molar-refractivity contribution is -0.165. The summed E-state index contributed by atoms with van der Waals surface area (Å²) in [4.78, 5) is 29.6. The molecule has 0 saturated carbocycles. The van der Waals surface area contributed by atoms with Gasteiger partial charge in [0, 0.05) is 29.7 Å². The number of amides is 2. The summed E-state index contributed by atoms with van der Waals surface area (Å²) in [6, 6.07) is 0.274. The summed E-state index contributed by atoms with van der Waals surface area (Å²) in [7, 11) is 0. The van der Waals surface area contributed by atoms with Crippen LogP contribution in [0, 0.1) is 0 Å². The molecule has 0 radical (unpaired) electrons. The average Bonchev–Trinajstić information content (AvgIpc) is 2.43. The van der Waals surface area contributed by atoms with Crippen LogP contribution in [0.3, 0.4) is 0 Å². The highest BCUT2D eigenvalue weighted by Crippen LogP contribution is 2.38. The molecule has 5 heteroatoms. The predicted octanol–water partition coefficient (Wildman–Crippen LogP) is 2.28. The first-order valence-electron chi connectivity index (χ1n) is 9.01. The summed E-state index contributed by atoms with van der Waals surface area (Å²) >= 11 is 0. The Morgan fingerprint density at radius 2 is 1.61 bits per heavy atom. The summed E-state index contributed by atoms with van der Waals surface area (Å²) in [5.74, 6) is -0.680. The molecular weight excluding hydrogens is 290 g/mol. The molecule has 0 aromatic rings. The van der Waals surface area contributed by atoms with Crippen molar-refractivity contribution in [3.63, 3.8) is 0 Å². The number of carbonyl (C=O) groups is 2. The van der Waals surface area contributed by atoms with Crippen molar-refractivity contribution in [2.75, 3.05) is 6.54 Å². The van der Waals surface area contributed by atoms with Crippen LogP contribution in [0.15, 0.2) is 0 Å². The number of rotatable bonds is 1. The van der Waals surface area contributed by atoms with Gasteiger partial charge in [-0.25, -0.2) is 0 Å². The number of hydrogen-bond donors (Lipinski definition) is 1. The van der Waals surface area contributed by atoms with Gasteiger partial charge in [0.1, 0.15) is 0 Å². The molecule has 2 N–H and O–H groups in total. The van der Waals surface area contributed by atoms with Crippen LogP contribution in [0.4, 0.5) is 0 Å². The van der Waals surface area contributed by atoms with Crippen LogP contribution in [0.5, 0.6) is 0 Å². The van der Waals surface area contributed by atoms with E-state index >= 15 is 0 Å². The highest BCUT2D eigenvalue weighted by Gasteiger charge is 2.49. The second kappa shape index (κ2) is 6.42. The van der Waals surface area contributed by atoms with E-state index < -0.39 is 11.1 Å². The van der Waals surface area contributed by atoms with Gasteiger partial charge in [0.05, 0.1) is 0 Å². The molecule has 0 aliphatic carbocycles. The lowest BCUT2D eigenvalue weighted by Crippen LogP contribution is -2.67. The van der Waals surface area contributed by atoms with Gasteiger partial charge in [-0.3, -0.25) is 9.59 Å². The Labute approximate surface area is 140 Å². The van der Waals surface area contributed by atoms with Gasteiger partial charge in [-0.2, -0.15) is 0 Å². The Bertz CT molecular complexity index is 455. The van der Waals surface area contributed by atoms with E-state index in [2.05, 4.69) is 6.92 Å². The molecule has 0 aromatic carbocycles. The van der Waals surface area contributed by atoms with Crippen LogP contribution in [0.25, 0.3) is 0 Å². The molecule has 0 aromatic heterocycles. The number of hydrogen-bond acceptors (Lipinski definition) is 3. The number of nitrogens with zero attached hydrogens (tertiary/aromatic N) is 2. The average molecular weight is 323 g/mol. The molecule has 2 heterocycles. The summed E-state index contributed by atoms with van der Waals surface area (Å²) in [5.41, 5.74) is 5.38. The van der Waals surface area contributed by atoms with Gasteiger partial charge in [-0.1, -0.05) is 6.92 Å². The molecule has 23 heavy (non-hydrogen) atoms. The molecule has 2 aliphatic rings. The van der Waals surface area contributed by atoms with E-state index in [9.17, 15) is 9.59 Å². The van der Waals surface area contributed by atoms with Gasteiger partial charge >= 0.3 is 11.8 Å². The zero-order valence-electron chi connectivity index (χ0n) is 15.4. The van der Waals surface area contributed by atoms with Crippen LogP contribution in [-0.2, 0) is 9.59 Å². The number of carbonyl (C=O) groups excluding carboxylic acids is 2. The summed E-state index contributed by atoms with van der Waals surface area (Å²) < 4.78 is 0. The maximum Gasteiger partial charge on any atom is 0.312 e. The van der Waals surface area contributed by atoms with E-state index in [1.54, 1.807) is 4.90 Å². The molecule has 2 saturated heterocycles. The SMILES string of the molecule is CCC1CCCCN1C(=O)C(=O)N1C(C)(C)CC(N)CC1(C)C. The second-order valence-corrected chi connectivity index (χ2v) is 8.49. The van der Waals surface area contributed by atoms with Crippen LogP contribution in [0.1, 0.15) is 73.1 Å². The molecule has 2 aliphatic heterocycles. The first-order chi connectivity index (χ1) is 10.6. The van der Waals surface area contributed by atoms with Crippen molar-refractivity contribution in [2.24, 2.45) is 5.73 Å². The fraction of sp³-hybridized carbons (Fsp3) is 0.889. The van der Waals surface area contributed by atoms with E-state index in [0.29, 0.717) is 6.54 Å². The van der Waals surface area contributed by atoms with Crippen LogP contribution < -0.4 is 5.73 Å². The lowest BCUT2D eigenvalue weighted by atomic mass is 9.77. The van der Waals surface area contributed by atoms with Crippen molar-refractivity contribution >= 4 is 11.8 Å². The second-order valence-electron chi connectivity index (χ2n) is 8.49. The van der Waals surface area contributed by atoms with Gasteiger partial charge in [0.15, 0.2) is 0 Å². The monoisotopic (exact) mass is 323 g/mol. The first-order valence-corrected chi connectivity index (χ1v) is 9.01. The Balaban J connectivity index is 2.25. The third kappa shape index (κ3) is 3.54. The Morgan fingerprint density at radius 1 is 1.04 bits per heavy atom. The normalized spacial score (nSPS) is 27.8. The number of likely N-dealkylation sites (tertiary alicyclic amines) is 2. The van der Waals surface area contributed by atoms with Gasteiger partial charge in [0.2, 0.25) is 0 Å². The van der Waals surface area contributed by atoms with E-state index in [0.717, 1.165) is 38.5 Å². The summed E-state index contributed by atoms with van der Waals surface area (Å²) in [6.07, 6.45) is 5.52. The van der Waals surface area contributed by atoms with Crippen molar-refractivity contribution in [3.05, 3.63) is 0 Å². The number of nitrogens with two attached hydrogens (primary N) is 1. The Hall–Kier alpha value is -1.10. The summed E-state index contributed by atoms with van der Waals surface area (Å²) in [5, 5.41) is 0. The zero-order valence-corrected chi connectivity index (χ0v) is 15.4. The molecule has 1 atom stereocenters. The van der Waals surface area contributed by atoms with E-state index in [1.807, 2.05) is 32.6 Å². The predicted molar refractivity (Wildman–Crippen MR) is 91.9 cm³/mol. The molecular formula is C18H33N3O2. The molecule has 2 fully saturated rings. The largest absolute Gasteiger partial charge is 0.331 e. The van der Waals surface area contributed by atoms with Gasteiger partial charge in [-0.15, -0.1) is 0 Å². The lowest BCUT2D eigenvalue weighted by Gasteiger charge is -2.54. The maximum atomic E-state index is 13.1. The number of piperidine rings is 2. The molecule has 2 rings (SSSR count). The fourth-order valence-corrected chi connectivity index (χ4v) is 4.82. The smallest absolute Gasteiger partial charge is 0.312 e. The first kappa shape index (κ1) is 18.2. The quantitative estimate of drug-likeness (QED) is 0.753.